The van der Waals surface area contributed by atoms with E-state index in [9.17, 15) is 4.39 Å². The Hall–Kier alpha value is -1.42. The molecule has 1 aromatic carbocycles. The fourth-order valence-corrected chi connectivity index (χ4v) is 1.94. The van der Waals surface area contributed by atoms with E-state index >= 15 is 0 Å². The van der Waals surface area contributed by atoms with E-state index in [-0.39, 0.29) is 5.82 Å². The van der Waals surface area contributed by atoms with Crippen LogP contribution in [0.2, 0.25) is 5.02 Å². The molecule has 3 nitrogen and oxygen atoms in total. The van der Waals surface area contributed by atoms with Crippen LogP contribution in [0.15, 0.2) is 30.1 Å². The van der Waals surface area contributed by atoms with E-state index in [1.54, 1.807) is 0 Å². The summed E-state index contributed by atoms with van der Waals surface area (Å²) < 4.78 is 18.3. The molecule has 0 amide bonds. The summed E-state index contributed by atoms with van der Waals surface area (Å²) in [5, 5.41) is 3.34. The second-order valence-electron chi connectivity index (χ2n) is 3.97. The Morgan fingerprint density at radius 3 is 3.00 bits per heavy atom. The fraction of sp³-hybridized carbons (Fsp3) is 0.333. The van der Waals surface area contributed by atoms with Gasteiger partial charge in [0.2, 0.25) is 0 Å². The van der Waals surface area contributed by atoms with E-state index in [1.165, 1.54) is 18.2 Å². The van der Waals surface area contributed by atoms with Gasteiger partial charge in [-0.1, -0.05) is 11.6 Å². The number of nitrogens with two attached hydrogens (primary N) is 1. The third-order valence-electron chi connectivity index (χ3n) is 2.62. The quantitative estimate of drug-likeness (QED) is 0.869. The van der Waals surface area contributed by atoms with Crippen LogP contribution in [0, 0.1) is 11.7 Å². The highest BCUT2D eigenvalue weighted by molar-refractivity contribution is 6.32. The summed E-state index contributed by atoms with van der Waals surface area (Å²) >= 11 is 5.84. The second kappa shape index (κ2) is 5.27. The van der Waals surface area contributed by atoms with Crippen LogP contribution in [-0.4, -0.2) is 13.2 Å². The number of ether oxygens (including phenoxy) is 1. The molecule has 0 radical (unpaired) electrons. The molecule has 0 unspecified atom stereocenters. The van der Waals surface area contributed by atoms with E-state index in [1.807, 2.05) is 6.08 Å². The first-order chi connectivity index (χ1) is 8.15. The summed E-state index contributed by atoms with van der Waals surface area (Å²) in [5.41, 5.74) is 5.60. The molecule has 0 spiro atoms. The SMILES string of the molecule is NC1=C[C@H](CCOc2ccc(F)cc2Cl)CN1. The molecule has 92 valence electrons. The van der Waals surface area contributed by atoms with Gasteiger partial charge in [-0.3, -0.25) is 0 Å². The van der Waals surface area contributed by atoms with Gasteiger partial charge in [0.05, 0.1) is 17.5 Å². The average molecular weight is 257 g/mol. The molecule has 1 heterocycles. The Labute approximate surface area is 104 Å². The van der Waals surface area contributed by atoms with Gasteiger partial charge in [0.25, 0.3) is 0 Å². The zero-order chi connectivity index (χ0) is 12.3. The minimum atomic E-state index is -0.363. The maximum atomic E-state index is 12.8. The Kier molecular flexibility index (Phi) is 3.74. The van der Waals surface area contributed by atoms with Gasteiger partial charge in [-0.15, -0.1) is 0 Å². The van der Waals surface area contributed by atoms with Gasteiger partial charge < -0.3 is 15.8 Å². The van der Waals surface area contributed by atoms with Gasteiger partial charge >= 0.3 is 0 Å². The van der Waals surface area contributed by atoms with Gasteiger partial charge in [0.15, 0.2) is 0 Å². The predicted octanol–water partition coefficient (Wildman–Crippen LogP) is 2.27. The second-order valence-corrected chi connectivity index (χ2v) is 4.38. The molecular weight excluding hydrogens is 243 g/mol. The van der Waals surface area contributed by atoms with Crippen LogP contribution in [0.25, 0.3) is 0 Å². The molecular formula is C12H14ClFN2O. The number of hydrogen-bond donors (Lipinski definition) is 2. The average Bonchev–Trinajstić information content (AvgIpc) is 2.68. The summed E-state index contributed by atoms with van der Waals surface area (Å²) in [6.07, 6.45) is 2.83. The smallest absolute Gasteiger partial charge is 0.138 e. The number of rotatable bonds is 4. The number of halogens is 2. The molecule has 0 saturated carbocycles. The zero-order valence-corrected chi connectivity index (χ0v) is 10.0. The molecule has 1 aromatic rings. The van der Waals surface area contributed by atoms with Crippen molar-refractivity contribution in [3.63, 3.8) is 0 Å². The molecule has 0 saturated heterocycles. The molecule has 1 aliphatic heterocycles. The van der Waals surface area contributed by atoms with Gasteiger partial charge in [-0.2, -0.15) is 0 Å². The van der Waals surface area contributed by atoms with Gasteiger partial charge in [0, 0.05) is 12.5 Å². The first-order valence-corrected chi connectivity index (χ1v) is 5.82. The first-order valence-electron chi connectivity index (χ1n) is 5.44. The van der Waals surface area contributed by atoms with Crippen molar-refractivity contribution in [1.29, 1.82) is 0 Å². The van der Waals surface area contributed by atoms with E-state index in [0.29, 0.717) is 23.3 Å². The van der Waals surface area contributed by atoms with Crippen LogP contribution >= 0.6 is 11.6 Å². The number of benzene rings is 1. The van der Waals surface area contributed by atoms with E-state index in [2.05, 4.69) is 5.32 Å². The molecule has 17 heavy (non-hydrogen) atoms. The fourth-order valence-electron chi connectivity index (χ4n) is 1.72. The number of nitrogens with one attached hydrogen (secondary N) is 1. The summed E-state index contributed by atoms with van der Waals surface area (Å²) in [6.45, 7) is 1.37. The molecule has 1 aliphatic rings. The van der Waals surface area contributed by atoms with Crippen LogP contribution in [0.1, 0.15) is 6.42 Å². The first kappa shape index (κ1) is 12.0. The largest absolute Gasteiger partial charge is 0.492 e. The minimum Gasteiger partial charge on any atom is -0.492 e. The predicted molar refractivity (Wildman–Crippen MR) is 65.3 cm³/mol. The van der Waals surface area contributed by atoms with Crippen molar-refractivity contribution in [3.8, 4) is 5.75 Å². The van der Waals surface area contributed by atoms with Crippen LogP contribution < -0.4 is 15.8 Å². The van der Waals surface area contributed by atoms with E-state index < -0.39 is 0 Å². The maximum Gasteiger partial charge on any atom is 0.138 e. The Morgan fingerprint density at radius 2 is 2.35 bits per heavy atom. The van der Waals surface area contributed by atoms with Crippen molar-refractivity contribution >= 4 is 11.6 Å². The highest BCUT2D eigenvalue weighted by Crippen LogP contribution is 2.25. The van der Waals surface area contributed by atoms with Gasteiger partial charge in [0.1, 0.15) is 11.6 Å². The summed E-state index contributed by atoms with van der Waals surface area (Å²) in [4.78, 5) is 0. The van der Waals surface area contributed by atoms with Gasteiger partial charge in [-0.25, -0.2) is 4.39 Å². The Bertz CT molecular complexity index is 437. The van der Waals surface area contributed by atoms with Crippen molar-refractivity contribution in [2.24, 2.45) is 11.7 Å². The molecule has 0 bridgehead atoms. The molecule has 5 heteroatoms. The van der Waals surface area contributed by atoms with Crippen molar-refractivity contribution in [2.45, 2.75) is 6.42 Å². The van der Waals surface area contributed by atoms with Crippen molar-refractivity contribution in [3.05, 3.63) is 40.9 Å². The molecule has 0 fully saturated rings. The molecule has 3 N–H and O–H groups in total. The topological polar surface area (TPSA) is 47.3 Å². The summed E-state index contributed by atoms with van der Waals surface area (Å²) in [5.74, 6) is 1.25. The van der Waals surface area contributed by atoms with Crippen LogP contribution in [0.4, 0.5) is 4.39 Å². The van der Waals surface area contributed by atoms with Crippen LogP contribution in [0.5, 0.6) is 5.75 Å². The normalized spacial score (nSPS) is 18.7. The Morgan fingerprint density at radius 1 is 1.53 bits per heavy atom. The lowest BCUT2D eigenvalue weighted by Crippen LogP contribution is -2.17. The lowest BCUT2D eigenvalue weighted by Gasteiger charge is -2.10. The highest BCUT2D eigenvalue weighted by atomic mass is 35.5. The lowest BCUT2D eigenvalue weighted by atomic mass is 10.1. The lowest BCUT2D eigenvalue weighted by molar-refractivity contribution is 0.293. The third kappa shape index (κ3) is 3.27. The molecule has 2 rings (SSSR count). The highest BCUT2D eigenvalue weighted by Gasteiger charge is 2.13. The van der Waals surface area contributed by atoms with Crippen molar-refractivity contribution in [2.75, 3.05) is 13.2 Å². The number of hydrogen-bond acceptors (Lipinski definition) is 3. The minimum absolute atomic E-state index is 0.296. The molecule has 0 aromatic heterocycles. The monoisotopic (exact) mass is 256 g/mol. The van der Waals surface area contributed by atoms with Crippen LogP contribution in [-0.2, 0) is 0 Å². The van der Waals surface area contributed by atoms with Gasteiger partial charge in [-0.05, 0) is 30.7 Å². The molecule has 1 atom stereocenters. The van der Waals surface area contributed by atoms with E-state index in [4.69, 9.17) is 22.1 Å². The maximum absolute atomic E-state index is 12.8. The standard InChI is InChI=1S/C12H14ClFN2O/c13-10-6-9(14)1-2-11(10)17-4-3-8-5-12(15)16-7-8/h1-2,5-6,8,16H,3-4,7,15H2/t8-/m0/s1. The Balaban J connectivity index is 1.82. The molecule has 0 aliphatic carbocycles. The van der Waals surface area contributed by atoms with Crippen molar-refractivity contribution < 1.29 is 9.13 Å². The zero-order valence-electron chi connectivity index (χ0n) is 9.25. The van der Waals surface area contributed by atoms with Crippen LogP contribution in [0.3, 0.4) is 0 Å². The van der Waals surface area contributed by atoms with E-state index in [0.717, 1.165) is 18.8 Å². The summed E-state index contributed by atoms with van der Waals surface area (Å²) in [6, 6.07) is 4.11. The summed E-state index contributed by atoms with van der Waals surface area (Å²) in [7, 11) is 0. The third-order valence-corrected chi connectivity index (χ3v) is 2.92. The van der Waals surface area contributed by atoms with Crippen molar-refractivity contribution in [1.82, 2.24) is 5.32 Å².